The molecule has 242 valence electrons. The van der Waals surface area contributed by atoms with E-state index in [0.29, 0.717) is 0 Å². The number of aliphatic hydroxyl groups is 1. The second-order valence-corrected chi connectivity index (χ2v) is 17.7. The summed E-state index contributed by atoms with van der Waals surface area (Å²) in [5.41, 5.74) is -2.44. The normalized spacial score (nSPS) is 22.2. The quantitative estimate of drug-likeness (QED) is 0.147. The minimum absolute atomic E-state index is 0.00689. The number of aliphatic imine (C=N–C) groups is 1. The molecule has 45 heavy (non-hydrogen) atoms. The smallest absolute Gasteiger partial charge is 0.351 e. The fourth-order valence-electron chi connectivity index (χ4n) is 5.88. The standard InChI is InChI=1S/C34H46N4O6Si/c1-24(2)21-29(39)44-30-27(43-31(34(30,6)41)38-20-19-28(36-32(38)40)35-23-37(7)8)22-42-45(33(3,4)5,25-15-11-9-12-16-25)26-17-13-10-14-18-26/h9-20,23-24,27,30-31,41H,21-22H2,1-8H3/b35-23-/t27-,30?,31-,34?/m1/s1. The minimum atomic E-state index is -3.00. The van der Waals surface area contributed by atoms with Gasteiger partial charge in [0.05, 0.1) is 12.9 Å². The van der Waals surface area contributed by atoms with Crippen LogP contribution in [-0.2, 0) is 18.7 Å². The van der Waals surface area contributed by atoms with Gasteiger partial charge in [-0.25, -0.2) is 9.79 Å². The van der Waals surface area contributed by atoms with Crippen LogP contribution in [0, 0.1) is 5.92 Å². The van der Waals surface area contributed by atoms with Crippen molar-refractivity contribution in [3.8, 4) is 0 Å². The van der Waals surface area contributed by atoms with E-state index in [1.165, 1.54) is 24.0 Å². The highest BCUT2D eigenvalue weighted by molar-refractivity contribution is 6.99. The van der Waals surface area contributed by atoms with Gasteiger partial charge < -0.3 is 23.9 Å². The fraction of sp³-hybridized carbons (Fsp3) is 0.471. The maximum atomic E-state index is 13.2. The monoisotopic (exact) mass is 634 g/mol. The fourth-order valence-corrected chi connectivity index (χ4v) is 10.5. The number of aromatic nitrogens is 2. The van der Waals surface area contributed by atoms with E-state index >= 15 is 0 Å². The summed E-state index contributed by atoms with van der Waals surface area (Å²) < 4.78 is 20.7. The van der Waals surface area contributed by atoms with Gasteiger partial charge in [-0.2, -0.15) is 4.98 Å². The number of benzene rings is 2. The molecule has 0 bridgehead atoms. The predicted octanol–water partition coefficient (Wildman–Crippen LogP) is 3.65. The lowest BCUT2D eigenvalue weighted by atomic mass is 9.96. The van der Waals surface area contributed by atoms with Gasteiger partial charge in [0, 0.05) is 26.7 Å². The summed E-state index contributed by atoms with van der Waals surface area (Å²) in [6, 6.07) is 21.9. The molecule has 0 amide bonds. The molecule has 1 fully saturated rings. The van der Waals surface area contributed by atoms with Crippen molar-refractivity contribution in [2.45, 2.75) is 77.0 Å². The van der Waals surface area contributed by atoms with E-state index in [1.54, 1.807) is 11.0 Å². The van der Waals surface area contributed by atoms with Crippen LogP contribution < -0.4 is 16.1 Å². The van der Waals surface area contributed by atoms with Crippen LogP contribution in [0.4, 0.5) is 5.82 Å². The SMILES string of the molecule is CC(C)CC(=O)OC1[C@@H](CO[Si](c2ccccc2)(c2ccccc2)C(C)(C)C)O[C@@H](n2ccc(/N=C\N(C)C)nc2=O)C1(C)O. The Kier molecular flexibility index (Phi) is 10.5. The van der Waals surface area contributed by atoms with E-state index < -0.39 is 44.0 Å². The average Bonchev–Trinajstić information content (AvgIpc) is 3.21. The number of esters is 1. The van der Waals surface area contributed by atoms with Crippen LogP contribution >= 0.6 is 0 Å². The molecule has 2 heterocycles. The summed E-state index contributed by atoms with van der Waals surface area (Å²) >= 11 is 0. The highest BCUT2D eigenvalue weighted by Crippen LogP contribution is 2.42. The summed E-state index contributed by atoms with van der Waals surface area (Å²) in [7, 11) is 0.619. The lowest BCUT2D eigenvalue weighted by Gasteiger charge is -2.43. The van der Waals surface area contributed by atoms with Crippen molar-refractivity contribution in [2.24, 2.45) is 10.9 Å². The second-order valence-electron chi connectivity index (χ2n) is 13.4. The van der Waals surface area contributed by atoms with E-state index in [1.807, 2.05) is 64.3 Å². The molecule has 0 saturated carbocycles. The number of nitrogens with zero attached hydrogens (tertiary/aromatic N) is 4. The van der Waals surface area contributed by atoms with Crippen molar-refractivity contribution >= 4 is 36.8 Å². The Hall–Kier alpha value is -3.64. The Morgan fingerprint density at radius 2 is 1.69 bits per heavy atom. The third kappa shape index (κ3) is 7.44. The molecule has 0 radical (unpaired) electrons. The Bertz CT molecular complexity index is 1480. The van der Waals surface area contributed by atoms with Gasteiger partial charge >= 0.3 is 11.7 Å². The van der Waals surface area contributed by atoms with Gasteiger partial charge in [-0.1, -0.05) is 95.3 Å². The Morgan fingerprint density at radius 3 is 2.18 bits per heavy atom. The first-order valence-electron chi connectivity index (χ1n) is 15.3. The molecule has 0 spiro atoms. The van der Waals surface area contributed by atoms with Crippen LogP contribution in [0.5, 0.6) is 0 Å². The van der Waals surface area contributed by atoms with Gasteiger partial charge in [-0.3, -0.25) is 9.36 Å². The summed E-state index contributed by atoms with van der Waals surface area (Å²) in [4.78, 5) is 36.2. The lowest BCUT2D eigenvalue weighted by molar-refractivity contribution is -0.164. The zero-order valence-electron chi connectivity index (χ0n) is 27.5. The van der Waals surface area contributed by atoms with Gasteiger partial charge in [-0.05, 0) is 34.3 Å². The highest BCUT2D eigenvalue weighted by atomic mass is 28.4. The topological polar surface area (TPSA) is 115 Å². The zero-order chi connectivity index (χ0) is 33.0. The van der Waals surface area contributed by atoms with Gasteiger partial charge in [0.15, 0.2) is 18.1 Å². The predicted molar refractivity (Wildman–Crippen MR) is 178 cm³/mol. The molecular formula is C34H46N4O6Si. The summed E-state index contributed by atoms with van der Waals surface area (Å²) in [5.74, 6) is -0.197. The van der Waals surface area contributed by atoms with Crippen LogP contribution in [0.15, 0.2) is 82.7 Å². The van der Waals surface area contributed by atoms with Crippen molar-refractivity contribution < 1.29 is 23.8 Å². The third-order valence-electron chi connectivity index (χ3n) is 7.92. The Morgan fingerprint density at radius 1 is 1.11 bits per heavy atom. The van der Waals surface area contributed by atoms with E-state index in [-0.39, 0.29) is 29.8 Å². The van der Waals surface area contributed by atoms with E-state index in [4.69, 9.17) is 13.9 Å². The molecule has 0 aliphatic carbocycles. The van der Waals surface area contributed by atoms with E-state index in [2.05, 4.69) is 55.0 Å². The maximum absolute atomic E-state index is 13.2. The van der Waals surface area contributed by atoms with Gasteiger partial charge in [-0.15, -0.1) is 0 Å². The molecular weight excluding hydrogens is 588 g/mol. The lowest BCUT2D eigenvalue weighted by Crippen LogP contribution is -2.67. The summed E-state index contributed by atoms with van der Waals surface area (Å²) in [6.07, 6.45) is -0.0219. The van der Waals surface area contributed by atoms with Crippen LogP contribution in [-0.4, -0.2) is 78.7 Å². The molecule has 4 atom stereocenters. The van der Waals surface area contributed by atoms with Crippen molar-refractivity contribution in [1.82, 2.24) is 14.5 Å². The Balaban J connectivity index is 1.76. The molecule has 1 aromatic heterocycles. The van der Waals surface area contributed by atoms with E-state index in [0.717, 1.165) is 10.4 Å². The third-order valence-corrected chi connectivity index (χ3v) is 12.9. The number of carbonyl (C=O) groups excluding carboxylic acids is 1. The molecule has 2 unspecified atom stereocenters. The van der Waals surface area contributed by atoms with Crippen molar-refractivity contribution in [2.75, 3.05) is 20.7 Å². The van der Waals surface area contributed by atoms with Crippen molar-refractivity contribution in [3.63, 3.8) is 0 Å². The highest BCUT2D eigenvalue weighted by Gasteiger charge is 2.58. The van der Waals surface area contributed by atoms with Gasteiger partial charge in [0.1, 0.15) is 11.7 Å². The largest absolute Gasteiger partial charge is 0.456 e. The van der Waals surface area contributed by atoms with Crippen LogP contribution in [0.2, 0.25) is 5.04 Å². The number of ether oxygens (including phenoxy) is 2. The zero-order valence-corrected chi connectivity index (χ0v) is 28.5. The molecule has 4 rings (SSSR count). The molecule has 11 heteroatoms. The van der Waals surface area contributed by atoms with Crippen LogP contribution in [0.3, 0.4) is 0 Å². The van der Waals surface area contributed by atoms with Crippen LogP contribution in [0.25, 0.3) is 0 Å². The summed E-state index contributed by atoms with van der Waals surface area (Å²) in [6.45, 7) is 11.9. The van der Waals surface area contributed by atoms with Crippen molar-refractivity contribution in [1.29, 1.82) is 0 Å². The van der Waals surface area contributed by atoms with Crippen molar-refractivity contribution in [3.05, 3.63) is 83.4 Å². The number of rotatable bonds is 11. The molecule has 1 saturated heterocycles. The number of hydrogen-bond donors (Lipinski definition) is 1. The minimum Gasteiger partial charge on any atom is -0.456 e. The van der Waals surface area contributed by atoms with E-state index in [9.17, 15) is 14.7 Å². The molecule has 1 N–H and O–H groups in total. The first-order chi connectivity index (χ1) is 21.2. The molecule has 1 aliphatic heterocycles. The molecule has 2 aromatic carbocycles. The molecule has 1 aliphatic rings. The first-order valence-corrected chi connectivity index (χ1v) is 17.2. The van der Waals surface area contributed by atoms with Gasteiger partial charge in [0.25, 0.3) is 8.32 Å². The van der Waals surface area contributed by atoms with Gasteiger partial charge in [0.2, 0.25) is 0 Å². The molecule has 10 nitrogen and oxygen atoms in total. The molecule has 3 aromatic rings. The van der Waals surface area contributed by atoms with Crippen LogP contribution in [0.1, 0.15) is 54.2 Å². The summed E-state index contributed by atoms with van der Waals surface area (Å²) in [5, 5.41) is 13.8. The Labute approximate surface area is 266 Å². The number of carbonyl (C=O) groups is 1. The average molecular weight is 635 g/mol. The second kappa shape index (κ2) is 13.8. The number of hydrogen-bond acceptors (Lipinski definition) is 8. The maximum Gasteiger partial charge on any atom is 0.351 e. The first kappa shape index (κ1) is 34.2.